The lowest BCUT2D eigenvalue weighted by molar-refractivity contribution is -0.140. The summed E-state index contributed by atoms with van der Waals surface area (Å²) in [6.45, 7) is 3.68. The quantitative estimate of drug-likeness (QED) is 0.503. The summed E-state index contributed by atoms with van der Waals surface area (Å²) in [4.78, 5) is 43.3. The number of nitrogens with zero attached hydrogens (tertiary/aromatic N) is 3. The van der Waals surface area contributed by atoms with Gasteiger partial charge in [0.1, 0.15) is 11.7 Å². The molecule has 0 radical (unpaired) electrons. The van der Waals surface area contributed by atoms with E-state index in [0.29, 0.717) is 55.9 Å². The van der Waals surface area contributed by atoms with E-state index in [-0.39, 0.29) is 23.6 Å². The van der Waals surface area contributed by atoms with Crippen LogP contribution >= 0.6 is 0 Å². The maximum absolute atomic E-state index is 14.0. The number of halogens is 2. The largest absolute Gasteiger partial charge is 0.383 e. The lowest BCUT2D eigenvalue weighted by Gasteiger charge is -2.39. The van der Waals surface area contributed by atoms with Crippen LogP contribution < -0.4 is 10.6 Å². The van der Waals surface area contributed by atoms with Gasteiger partial charge >= 0.3 is 0 Å². The van der Waals surface area contributed by atoms with Gasteiger partial charge in [0.25, 0.3) is 5.91 Å². The van der Waals surface area contributed by atoms with Crippen LogP contribution in [-0.4, -0.2) is 91.1 Å². The van der Waals surface area contributed by atoms with Gasteiger partial charge in [-0.3, -0.25) is 14.4 Å². The number of methoxy groups -OCH3 is 1. The Balaban J connectivity index is 1.48. The Morgan fingerprint density at radius 1 is 1.00 bits per heavy atom. The first-order chi connectivity index (χ1) is 18.7. The van der Waals surface area contributed by atoms with Crippen LogP contribution in [0.5, 0.6) is 0 Å². The van der Waals surface area contributed by atoms with Crippen LogP contribution in [0, 0.1) is 17.6 Å². The maximum atomic E-state index is 14.0. The average molecular weight is 548 g/mol. The first-order valence-electron chi connectivity index (χ1n) is 13.8. The fourth-order valence-corrected chi connectivity index (χ4v) is 5.60. The van der Waals surface area contributed by atoms with Crippen LogP contribution in [0.15, 0.2) is 18.2 Å². The number of aromatic nitrogens is 1. The number of carbonyl (C=O) groups is 3. The minimum atomic E-state index is -0.978. The second kappa shape index (κ2) is 12.9. The number of rotatable bonds is 9. The standard InChI is InChI=1S/C28H39F2N5O4/c1-18(31-2)26(36)32-25(19-7-5-4-6-8-19)28(38)34-11-9-33(10-12-34)27(37)24-16-20-15-21(29)22(30)17-23(20)35(24)13-14-39-3/h15-19,25,31H,4-14H2,1-3H3,(H,32,36). The van der Waals surface area contributed by atoms with Crippen molar-refractivity contribution in [1.82, 2.24) is 25.0 Å². The molecule has 214 valence electrons. The van der Waals surface area contributed by atoms with Gasteiger partial charge in [-0.15, -0.1) is 0 Å². The molecule has 1 aliphatic carbocycles. The molecule has 0 bridgehead atoms. The Hall–Kier alpha value is -3.05. The van der Waals surface area contributed by atoms with E-state index in [9.17, 15) is 23.2 Å². The Kier molecular flexibility index (Phi) is 9.55. The zero-order valence-corrected chi connectivity index (χ0v) is 23.0. The highest BCUT2D eigenvalue weighted by molar-refractivity contribution is 5.99. The minimum Gasteiger partial charge on any atom is -0.383 e. The molecule has 39 heavy (non-hydrogen) atoms. The van der Waals surface area contributed by atoms with Crippen molar-refractivity contribution in [3.8, 4) is 0 Å². The van der Waals surface area contributed by atoms with Gasteiger partial charge in [-0.05, 0) is 44.9 Å². The third-order valence-electron chi connectivity index (χ3n) is 8.07. The van der Waals surface area contributed by atoms with E-state index >= 15 is 0 Å². The molecule has 2 unspecified atom stereocenters. The summed E-state index contributed by atoms with van der Waals surface area (Å²) in [6.07, 6.45) is 5.02. The first-order valence-corrected chi connectivity index (χ1v) is 13.8. The molecule has 4 rings (SSSR count). The van der Waals surface area contributed by atoms with Gasteiger partial charge in [0, 0.05) is 51.3 Å². The van der Waals surface area contributed by atoms with Crippen molar-refractivity contribution in [1.29, 1.82) is 0 Å². The van der Waals surface area contributed by atoms with Crippen molar-refractivity contribution < 1.29 is 27.9 Å². The number of ether oxygens (including phenoxy) is 1. The van der Waals surface area contributed by atoms with Gasteiger partial charge in [0.2, 0.25) is 11.8 Å². The van der Waals surface area contributed by atoms with Crippen molar-refractivity contribution in [3.63, 3.8) is 0 Å². The molecule has 9 nitrogen and oxygen atoms in total. The second-order valence-electron chi connectivity index (χ2n) is 10.5. The molecule has 2 aliphatic rings. The molecule has 1 aromatic heterocycles. The van der Waals surface area contributed by atoms with Crippen LogP contribution in [0.4, 0.5) is 8.78 Å². The smallest absolute Gasteiger partial charge is 0.270 e. The molecular formula is C28H39F2N5O4. The Morgan fingerprint density at radius 2 is 1.64 bits per heavy atom. The van der Waals surface area contributed by atoms with E-state index in [1.54, 1.807) is 34.4 Å². The molecule has 1 aliphatic heterocycles. The number of fused-ring (bicyclic) bond motifs is 1. The normalized spacial score (nSPS) is 18.3. The zero-order valence-electron chi connectivity index (χ0n) is 23.0. The van der Waals surface area contributed by atoms with Gasteiger partial charge in [-0.2, -0.15) is 0 Å². The van der Waals surface area contributed by atoms with Crippen LogP contribution in [0.2, 0.25) is 0 Å². The van der Waals surface area contributed by atoms with E-state index in [1.807, 2.05) is 0 Å². The number of benzene rings is 1. The van der Waals surface area contributed by atoms with E-state index in [2.05, 4.69) is 10.6 Å². The molecule has 1 saturated heterocycles. The van der Waals surface area contributed by atoms with E-state index in [1.165, 1.54) is 7.11 Å². The lowest BCUT2D eigenvalue weighted by atomic mass is 9.83. The van der Waals surface area contributed by atoms with Gasteiger partial charge in [-0.25, -0.2) is 8.78 Å². The van der Waals surface area contributed by atoms with Gasteiger partial charge in [0.15, 0.2) is 11.6 Å². The Morgan fingerprint density at radius 3 is 2.28 bits per heavy atom. The van der Waals surface area contributed by atoms with Crippen LogP contribution in [0.25, 0.3) is 10.9 Å². The lowest BCUT2D eigenvalue weighted by Crippen LogP contribution is -2.59. The molecule has 2 aromatic rings. The number of piperazine rings is 1. The summed E-state index contributed by atoms with van der Waals surface area (Å²) in [5.41, 5.74) is 0.741. The third-order valence-corrected chi connectivity index (χ3v) is 8.07. The number of hydrogen-bond acceptors (Lipinski definition) is 5. The highest BCUT2D eigenvalue weighted by Crippen LogP contribution is 2.28. The van der Waals surface area contributed by atoms with E-state index < -0.39 is 23.7 Å². The molecule has 2 heterocycles. The zero-order chi connectivity index (χ0) is 28.1. The Bertz CT molecular complexity index is 1190. The number of hydrogen-bond donors (Lipinski definition) is 2. The van der Waals surface area contributed by atoms with Crippen LogP contribution in [0.3, 0.4) is 0 Å². The summed E-state index contributed by atoms with van der Waals surface area (Å²) < 4.78 is 34.7. The fourth-order valence-electron chi connectivity index (χ4n) is 5.60. The molecule has 2 atom stereocenters. The summed E-state index contributed by atoms with van der Waals surface area (Å²) in [6, 6.07) is 2.77. The Labute approximate surface area is 227 Å². The highest BCUT2D eigenvalue weighted by atomic mass is 19.2. The maximum Gasteiger partial charge on any atom is 0.270 e. The van der Waals surface area contributed by atoms with Gasteiger partial charge in [-0.1, -0.05) is 19.3 Å². The summed E-state index contributed by atoms with van der Waals surface area (Å²) >= 11 is 0. The SMILES string of the molecule is CNC(C)C(=O)NC(C(=O)N1CCN(C(=O)c2cc3cc(F)c(F)cc3n2CCOC)CC1)C1CCCCC1. The molecule has 2 fully saturated rings. The number of nitrogens with one attached hydrogen (secondary N) is 2. The number of likely N-dealkylation sites (N-methyl/N-ethyl adjacent to an activating group) is 1. The van der Waals surface area contributed by atoms with Crippen molar-refractivity contribution in [2.75, 3.05) is 46.9 Å². The van der Waals surface area contributed by atoms with Crippen LogP contribution in [0.1, 0.15) is 49.5 Å². The third kappa shape index (κ3) is 6.41. The van der Waals surface area contributed by atoms with Gasteiger partial charge in [0.05, 0.1) is 18.2 Å². The predicted molar refractivity (Wildman–Crippen MR) is 143 cm³/mol. The predicted octanol–water partition coefficient (Wildman–Crippen LogP) is 2.52. The number of amides is 3. The van der Waals surface area contributed by atoms with Crippen molar-refractivity contribution >= 4 is 28.6 Å². The molecule has 3 amide bonds. The van der Waals surface area contributed by atoms with Gasteiger partial charge < -0.3 is 29.7 Å². The topological polar surface area (TPSA) is 95.9 Å². The highest BCUT2D eigenvalue weighted by Gasteiger charge is 2.36. The second-order valence-corrected chi connectivity index (χ2v) is 10.5. The molecule has 1 aromatic carbocycles. The summed E-state index contributed by atoms with van der Waals surface area (Å²) in [5, 5.41) is 6.36. The van der Waals surface area contributed by atoms with Crippen molar-refractivity contribution in [3.05, 3.63) is 35.5 Å². The van der Waals surface area contributed by atoms with Crippen molar-refractivity contribution in [2.45, 2.75) is 57.7 Å². The molecule has 0 spiro atoms. The minimum absolute atomic E-state index is 0.0937. The first kappa shape index (κ1) is 28.9. The molecular weight excluding hydrogens is 508 g/mol. The molecule has 2 N–H and O–H groups in total. The monoisotopic (exact) mass is 547 g/mol. The van der Waals surface area contributed by atoms with Crippen molar-refractivity contribution in [2.24, 2.45) is 5.92 Å². The summed E-state index contributed by atoms with van der Waals surface area (Å²) in [7, 11) is 3.24. The summed E-state index contributed by atoms with van der Waals surface area (Å²) in [5.74, 6) is -2.43. The molecule has 1 saturated carbocycles. The molecule has 11 heteroatoms. The fraction of sp³-hybridized carbons (Fsp3) is 0.607. The average Bonchev–Trinajstić information content (AvgIpc) is 3.30. The number of carbonyl (C=O) groups excluding carboxylic acids is 3. The van der Waals surface area contributed by atoms with Crippen LogP contribution in [-0.2, 0) is 20.9 Å². The van der Waals surface area contributed by atoms with E-state index in [0.717, 1.165) is 44.2 Å². The van der Waals surface area contributed by atoms with E-state index in [4.69, 9.17) is 4.74 Å².